The zero-order valence-corrected chi connectivity index (χ0v) is 11.5. The Morgan fingerprint density at radius 3 is 2.74 bits per heavy atom. The maximum atomic E-state index is 12.2. The molecule has 0 saturated heterocycles. The molecule has 0 radical (unpaired) electrons. The molecule has 4 nitrogen and oxygen atoms in total. The number of nitrogens with one attached hydrogen (secondary N) is 1. The van der Waals surface area contributed by atoms with Crippen LogP contribution in [0.25, 0.3) is 0 Å². The molecule has 0 aliphatic heterocycles. The molecule has 1 unspecified atom stereocenters. The fourth-order valence-corrected chi connectivity index (χ4v) is 2.75. The molecule has 0 bridgehead atoms. The maximum Gasteiger partial charge on any atom is 0.253 e. The van der Waals surface area contributed by atoms with E-state index < -0.39 is 0 Å². The molecule has 2 aromatic rings. The number of rotatable bonds is 4. The Labute approximate surface area is 116 Å². The second-order valence-electron chi connectivity index (χ2n) is 4.30. The number of nitrogens with two attached hydrogens (primary N) is 2. The van der Waals surface area contributed by atoms with E-state index in [1.54, 1.807) is 29.5 Å². The van der Waals surface area contributed by atoms with Crippen molar-refractivity contribution in [3.63, 3.8) is 0 Å². The number of amides is 1. The van der Waals surface area contributed by atoms with Gasteiger partial charge in [-0.2, -0.15) is 0 Å². The molecule has 19 heavy (non-hydrogen) atoms. The van der Waals surface area contributed by atoms with Crippen molar-refractivity contribution in [1.82, 2.24) is 5.32 Å². The molecule has 1 aromatic heterocycles. The lowest BCUT2D eigenvalue weighted by molar-refractivity contribution is 0.0937. The topological polar surface area (TPSA) is 81.1 Å². The number of hydrogen-bond acceptors (Lipinski definition) is 4. The third-order valence-corrected chi connectivity index (χ3v) is 3.91. The Kier molecular flexibility index (Phi) is 4.06. The van der Waals surface area contributed by atoms with Gasteiger partial charge in [0.05, 0.1) is 11.6 Å². The van der Waals surface area contributed by atoms with Crippen LogP contribution in [0.1, 0.15) is 34.6 Å². The quantitative estimate of drug-likeness (QED) is 0.750. The summed E-state index contributed by atoms with van der Waals surface area (Å²) in [6.07, 6.45) is 0.834. The van der Waals surface area contributed by atoms with E-state index in [1.165, 1.54) is 0 Å². The van der Waals surface area contributed by atoms with Gasteiger partial charge in [0.15, 0.2) is 0 Å². The number of carbonyl (C=O) groups is 1. The van der Waals surface area contributed by atoms with Gasteiger partial charge < -0.3 is 16.8 Å². The van der Waals surface area contributed by atoms with Gasteiger partial charge in [0, 0.05) is 16.3 Å². The highest BCUT2D eigenvalue weighted by molar-refractivity contribution is 7.10. The monoisotopic (exact) mass is 275 g/mol. The van der Waals surface area contributed by atoms with E-state index in [4.69, 9.17) is 11.5 Å². The van der Waals surface area contributed by atoms with Gasteiger partial charge in [0.1, 0.15) is 0 Å². The maximum absolute atomic E-state index is 12.2. The first kappa shape index (κ1) is 13.4. The van der Waals surface area contributed by atoms with Gasteiger partial charge in [-0.25, -0.2) is 0 Å². The SMILES string of the molecule is CCC(NC(=O)c1ccc(N)cc1N)c1cccs1. The normalized spacial score (nSPS) is 12.1. The van der Waals surface area contributed by atoms with Crippen LogP contribution in [-0.4, -0.2) is 5.91 Å². The molecule has 0 spiro atoms. The largest absolute Gasteiger partial charge is 0.399 e. The number of carbonyl (C=O) groups excluding carboxylic acids is 1. The van der Waals surface area contributed by atoms with E-state index >= 15 is 0 Å². The average Bonchev–Trinajstić information content (AvgIpc) is 2.89. The third-order valence-electron chi connectivity index (χ3n) is 2.92. The second-order valence-corrected chi connectivity index (χ2v) is 5.28. The summed E-state index contributed by atoms with van der Waals surface area (Å²) in [6, 6.07) is 8.95. The molecule has 100 valence electrons. The van der Waals surface area contributed by atoms with Crippen molar-refractivity contribution in [2.75, 3.05) is 11.5 Å². The van der Waals surface area contributed by atoms with E-state index in [2.05, 4.69) is 5.32 Å². The number of hydrogen-bond donors (Lipinski definition) is 3. The summed E-state index contributed by atoms with van der Waals surface area (Å²) >= 11 is 1.63. The molecular weight excluding hydrogens is 258 g/mol. The molecule has 1 heterocycles. The van der Waals surface area contributed by atoms with Crippen LogP contribution in [0.5, 0.6) is 0 Å². The van der Waals surface area contributed by atoms with Crippen molar-refractivity contribution >= 4 is 28.6 Å². The van der Waals surface area contributed by atoms with Gasteiger partial charge in [0.2, 0.25) is 0 Å². The van der Waals surface area contributed by atoms with Crippen molar-refractivity contribution < 1.29 is 4.79 Å². The van der Waals surface area contributed by atoms with Crippen LogP contribution in [0.2, 0.25) is 0 Å². The number of benzene rings is 1. The number of nitrogen functional groups attached to an aromatic ring is 2. The number of thiophene rings is 1. The molecule has 1 amide bonds. The van der Waals surface area contributed by atoms with Gasteiger partial charge in [-0.15, -0.1) is 11.3 Å². The van der Waals surface area contributed by atoms with Crippen LogP contribution in [0, 0.1) is 0 Å². The summed E-state index contributed by atoms with van der Waals surface area (Å²) in [5, 5.41) is 5.00. The molecule has 0 aliphatic carbocycles. The first-order valence-electron chi connectivity index (χ1n) is 6.11. The number of anilines is 2. The van der Waals surface area contributed by atoms with Crippen LogP contribution < -0.4 is 16.8 Å². The molecule has 2 rings (SSSR count). The van der Waals surface area contributed by atoms with E-state index in [1.807, 2.05) is 24.4 Å². The molecule has 0 saturated carbocycles. The van der Waals surface area contributed by atoms with Crippen molar-refractivity contribution in [1.29, 1.82) is 0 Å². The zero-order chi connectivity index (χ0) is 13.8. The average molecular weight is 275 g/mol. The summed E-state index contributed by atoms with van der Waals surface area (Å²) in [4.78, 5) is 13.4. The lowest BCUT2D eigenvalue weighted by atomic mass is 10.1. The highest BCUT2D eigenvalue weighted by atomic mass is 32.1. The Bertz CT molecular complexity index is 566. The minimum atomic E-state index is -0.169. The van der Waals surface area contributed by atoms with E-state index in [-0.39, 0.29) is 11.9 Å². The van der Waals surface area contributed by atoms with Crippen molar-refractivity contribution in [2.45, 2.75) is 19.4 Å². The van der Waals surface area contributed by atoms with E-state index in [0.717, 1.165) is 11.3 Å². The first-order valence-corrected chi connectivity index (χ1v) is 6.99. The van der Waals surface area contributed by atoms with Gasteiger partial charge >= 0.3 is 0 Å². The van der Waals surface area contributed by atoms with Gasteiger partial charge in [-0.05, 0) is 36.1 Å². The lowest BCUT2D eigenvalue weighted by Gasteiger charge is -2.16. The van der Waals surface area contributed by atoms with E-state index in [0.29, 0.717) is 16.9 Å². The summed E-state index contributed by atoms with van der Waals surface area (Å²) in [5.41, 5.74) is 12.9. The standard InChI is InChI=1S/C14H17N3OS/c1-2-12(13-4-3-7-19-13)17-14(18)10-6-5-9(15)8-11(10)16/h3-8,12H,2,15-16H2,1H3,(H,17,18). The van der Waals surface area contributed by atoms with Crippen molar-refractivity contribution in [3.05, 3.63) is 46.2 Å². The first-order chi connectivity index (χ1) is 9.11. The summed E-state index contributed by atoms with van der Waals surface area (Å²) < 4.78 is 0. The summed E-state index contributed by atoms with van der Waals surface area (Å²) in [6.45, 7) is 2.04. The van der Waals surface area contributed by atoms with Crippen LogP contribution in [-0.2, 0) is 0 Å². The molecule has 0 fully saturated rings. The van der Waals surface area contributed by atoms with Gasteiger partial charge in [0.25, 0.3) is 5.91 Å². The molecule has 5 N–H and O–H groups in total. The summed E-state index contributed by atoms with van der Waals surface area (Å²) in [5.74, 6) is -0.169. The Hall–Kier alpha value is -2.01. The van der Waals surface area contributed by atoms with Crippen LogP contribution in [0.3, 0.4) is 0 Å². The minimum Gasteiger partial charge on any atom is -0.399 e. The molecule has 1 aromatic carbocycles. The Balaban J connectivity index is 2.16. The fraction of sp³-hybridized carbons (Fsp3) is 0.214. The summed E-state index contributed by atoms with van der Waals surface area (Å²) in [7, 11) is 0. The van der Waals surface area contributed by atoms with Gasteiger partial charge in [-0.1, -0.05) is 13.0 Å². The van der Waals surface area contributed by atoms with Crippen molar-refractivity contribution in [2.24, 2.45) is 0 Å². The van der Waals surface area contributed by atoms with Crippen molar-refractivity contribution in [3.8, 4) is 0 Å². The Morgan fingerprint density at radius 1 is 1.37 bits per heavy atom. The third kappa shape index (κ3) is 3.06. The molecule has 5 heteroatoms. The predicted octanol–water partition coefficient (Wildman–Crippen LogP) is 2.79. The Morgan fingerprint density at radius 2 is 2.16 bits per heavy atom. The van der Waals surface area contributed by atoms with Crippen LogP contribution in [0.15, 0.2) is 35.7 Å². The van der Waals surface area contributed by atoms with E-state index in [9.17, 15) is 4.79 Å². The highest BCUT2D eigenvalue weighted by Crippen LogP contribution is 2.23. The fourth-order valence-electron chi connectivity index (χ4n) is 1.89. The predicted molar refractivity (Wildman–Crippen MR) is 80.1 cm³/mol. The van der Waals surface area contributed by atoms with Gasteiger partial charge in [-0.3, -0.25) is 4.79 Å². The highest BCUT2D eigenvalue weighted by Gasteiger charge is 2.16. The van der Waals surface area contributed by atoms with Crippen LogP contribution >= 0.6 is 11.3 Å². The molecular formula is C14H17N3OS. The lowest BCUT2D eigenvalue weighted by Crippen LogP contribution is -2.28. The zero-order valence-electron chi connectivity index (χ0n) is 10.7. The second kappa shape index (κ2) is 5.75. The smallest absolute Gasteiger partial charge is 0.253 e. The molecule has 1 atom stereocenters. The molecule has 0 aliphatic rings. The minimum absolute atomic E-state index is 0.0180. The van der Waals surface area contributed by atoms with Crippen LogP contribution in [0.4, 0.5) is 11.4 Å².